The fourth-order valence-corrected chi connectivity index (χ4v) is 1.66. The number of ether oxygens (including phenoxy) is 1. The Morgan fingerprint density at radius 1 is 1.33 bits per heavy atom. The molecule has 2 atom stereocenters. The van der Waals surface area contributed by atoms with Crippen LogP contribution in [0.5, 0.6) is 0 Å². The van der Waals surface area contributed by atoms with Crippen LogP contribution in [0.4, 0.5) is 9.18 Å². The van der Waals surface area contributed by atoms with E-state index in [4.69, 9.17) is 4.74 Å². The number of carbonyl (C=O) groups excluding carboxylic acids is 1. The topological polar surface area (TPSA) is 29.5 Å². The standard InChI is InChI=1S/C11H12FNO2/c1-7-10(15-11(14)13(7)2)8-3-5-9(12)6-4-8/h3-7,10H,1-2H3/t7-,10-/m1/s1. The van der Waals surface area contributed by atoms with Gasteiger partial charge in [0.25, 0.3) is 0 Å². The zero-order valence-corrected chi connectivity index (χ0v) is 8.61. The van der Waals surface area contributed by atoms with Crippen LogP contribution >= 0.6 is 0 Å². The van der Waals surface area contributed by atoms with E-state index in [0.717, 1.165) is 5.56 Å². The van der Waals surface area contributed by atoms with E-state index in [0.29, 0.717) is 0 Å². The Morgan fingerprint density at radius 2 is 1.93 bits per heavy atom. The third-order valence-electron chi connectivity index (χ3n) is 2.76. The van der Waals surface area contributed by atoms with Crippen LogP contribution in [0.3, 0.4) is 0 Å². The maximum absolute atomic E-state index is 12.7. The quantitative estimate of drug-likeness (QED) is 0.710. The van der Waals surface area contributed by atoms with Crippen LogP contribution in [0.1, 0.15) is 18.6 Å². The first-order valence-corrected chi connectivity index (χ1v) is 4.78. The molecule has 1 saturated heterocycles. The Labute approximate surface area is 87.5 Å². The number of cyclic esters (lactones) is 1. The molecule has 1 aliphatic heterocycles. The van der Waals surface area contributed by atoms with Crippen molar-refractivity contribution in [2.24, 2.45) is 0 Å². The highest BCUT2D eigenvalue weighted by Gasteiger charge is 2.36. The number of rotatable bonds is 1. The maximum atomic E-state index is 12.7. The summed E-state index contributed by atoms with van der Waals surface area (Å²) < 4.78 is 17.9. The van der Waals surface area contributed by atoms with Crippen molar-refractivity contribution in [1.29, 1.82) is 0 Å². The van der Waals surface area contributed by atoms with Crippen molar-refractivity contribution >= 4 is 6.09 Å². The molecule has 2 rings (SSSR count). The molecular weight excluding hydrogens is 197 g/mol. The van der Waals surface area contributed by atoms with E-state index < -0.39 is 0 Å². The van der Waals surface area contributed by atoms with Crippen LogP contribution < -0.4 is 0 Å². The fourth-order valence-electron chi connectivity index (χ4n) is 1.66. The Bertz CT molecular complexity index is 377. The van der Waals surface area contributed by atoms with Crippen molar-refractivity contribution < 1.29 is 13.9 Å². The molecule has 0 radical (unpaired) electrons. The molecular formula is C11H12FNO2. The van der Waals surface area contributed by atoms with Gasteiger partial charge in [0.2, 0.25) is 0 Å². The highest BCUT2D eigenvalue weighted by atomic mass is 19.1. The second-order valence-corrected chi connectivity index (χ2v) is 3.71. The first-order chi connectivity index (χ1) is 7.09. The molecule has 0 N–H and O–H groups in total. The first kappa shape index (κ1) is 9.96. The van der Waals surface area contributed by atoms with E-state index in [1.165, 1.54) is 17.0 Å². The van der Waals surface area contributed by atoms with Crippen LogP contribution in [-0.2, 0) is 4.74 Å². The van der Waals surface area contributed by atoms with E-state index in [-0.39, 0.29) is 24.1 Å². The molecule has 15 heavy (non-hydrogen) atoms. The van der Waals surface area contributed by atoms with Crippen molar-refractivity contribution in [2.45, 2.75) is 19.1 Å². The highest BCUT2D eigenvalue weighted by molar-refractivity contribution is 5.70. The first-order valence-electron chi connectivity index (χ1n) is 4.78. The lowest BCUT2D eigenvalue weighted by Gasteiger charge is -2.16. The molecule has 1 aromatic rings. The molecule has 0 unspecified atom stereocenters. The van der Waals surface area contributed by atoms with Gasteiger partial charge in [0.15, 0.2) is 0 Å². The summed E-state index contributed by atoms with van der Waals surface area (Å²) in [5, 5.41) is 0. The fraction of sp³-hybridized carbons (Fsp3) is 0.364. The largest absolute Gasteiger partial charge is 0.439 e. The van der Waals surface area contributed by atoms with Gasteiger partial charge in [0.05, 0.1) is 6.04 Å². The molecule has 0 bridgehead atoms. The maximum Gasteiger partial charge on any atom is 0.410 e. The Hall–Kier alpha value is -1.58. The van der Waals surface area contributed by atoms with Crippen LogP contribution in [0, 0.1) is 5.82 Å². The van der Waals surface area contributed by atoms with Gasteiger partial charge in [0, 0.05) is 7.05 Å². The van der Waals surface area contributed by atoms with Crippen molar-refractivity contribution in [3.8, 4) is 0 Å². The lowest BCUT2D eigenvalue weighted by molar-refractivity contribution is 0.131. The van der Waals surface area contributed by atoms with E-state index in [9.17, 15) is 9.18 Å². The SMILES string of the molecule is C[C@@H]1[C@H](c2ccc(F)cc2)OC(=O)N1C. The van der Waals surface area contributed by atoms with Gasteiger partial charge in [-0.2, -0.15) is 0 Å². The summed E-state index contributed by atoms with van der Waals surface area (Å²) in [5.41, 5.74) is 0.821. The smallest absolute Gasteiger partial charge is 0.410 e. The summed E-state index contributed by atoms with van der Waals surface area (Å²) in [6.07, 6.45) is -0.639. The number of hydrogen-bond acceptors (Lipinski definition) is 2. The minimum absolute atomic E-state index is 0.0250. The third kappa shape index (κ3) is 1.67. The van der Waals surface area contributed by atoms with Gasteiger partial charge in [-0.3, -0.25) is 0 Å². The number of likely N-dealkylation sites (N-methyl/N-ethyl adjacent to an activating group) is 1. The summed E-state index contributed by atoms with van der Waals surface area (Å²) in [5.74, 6) is -0.288. The molecule has 80 valence electrons. The molecule has 1 aliphatic rings. The average Bonchev–Trinajstić information content (AvgIpc) is 2.47. The molecule has 0 aromatic heterocycles. The van der Waals surface area contributed by atoms with Gasteiger partial charge in [-0.25, -0.2) is 9.18 Å². The van der Waals surface area contributed by atoms with Gasteiger partial charge in [-0.15, -0.1) is 0 Å². The number of hydrogen-bond donors (Lipinski definition) is 0. The van der Waals surface area contributed by atoms with Gasteiger partial charge in [-0.05, 0) is 24.6 Å². The molecule has 0 aliphatic carbocycles. The van der Waals surface area contributed by atoms with Crippen molar-refractivity contribution in [2.75, 3.05) is 7.05 Å². The lowest BCUT2D eigenvalue weighted by Crippen LogP contribution is -2.27. The summed E-state index contributed by atoms with van der Waals surface area (Å²) in [7, 11) is 1.69. The second-order valence-electron chi connectivity index (χ2n) is 3.71. The van der Waals surface area contributed by atoms with Crippen LogP contribution in [0.2, 0.25) is 0 Å². The minimum atomic E-state index is -0.336. The average molecular weight is 209 g/mol. The van der Waals surface area contributed by atoms with Gasteiger partial charge in [0.1, 0.15) is 11.9 Å². The molecule has 1 fully saturated rings. The van der Waals surface area contributed by atoms with Crippen molar-refractivity contribution in [1.82, 2.24) is 4.90 Å². The minimum Gasteiger partial charge on any atom is -0.439 e. The molecule has 1 heterocycles. The zero-order chi connectivity index (χ0) is 11.0. The molecule has 1 aromatic carbocycles. The van der Waals surface area contributed by atoms with Crippen molar-refractivity contribution in [3.05, 3.63) is 35.6 Å². The molecule has 0 saturated carbocycles. The highest BCUT2D eigenvalue weighted by Crippen LogP contribution is 2.30. The molecule has 1 amide bonds. The number of amides is 1. The van der Waals surface area contributed by atoms with Crippen molar-refractivity contribution in [3.63, 3.8) is 0 Å². The second kappa shape index (κ2) is 3.53. The number of nitrogens with zero attached hydrogens (tertiary/aromatic N) is 1. The van der Waals surface area contributed by atoms with E-state index >= 15 is 0 Å². The van der Waals surface area contributed by atoms with Crippen LogP contribution in [-0.4, -0.2) is 24.1 Å². The normalized spacial score (nSPS) is 25.5. The van der Waals surface area contributed by atoms with Crippen LogP contribution in [0.15, 0.2) is 24.3 Å². The zero-order valence-electron chi connectivity index (χ0n) is 8.61. The predicted octanol–water partition coefficient (Wildman–Crippen LogP) is 2.34. The molecule has 4 heteroatoms. The summed E-state index contributed by atoms with van der Waals surface area (Å²) in [4.78, 5) is 12.8. The Morgan fingerprint density at radius 3 is 2.40 bits per heavy atom. The molecule has 0 spiro atoms. The van der Waals surface area contributed by atoms with E-state index in [1.807, 2.05) is 6.92 Å². The number of benzene rings is 1. The third-order valence-corrected chi connectivity index (χ3v) is 2.76. The Balaban J connectivity index is 2.25. The van der Waals surface area contributed by atoms with Crippen LogP contribution in [0.25, 0.3) is 0 Å². The predicted molar refractivity (Wildman–Crippen MR) is 52.8 cm³/mol. The number of halogens is 1. The van der Waals surface area contributed by atoms with E-state index in [1.54, 1.807) is 19.2 Å². The van der Waals surface area contributed by atoms with Gasteiger partial charge < -0.3 is 9.64 Å². The van der Waals surface area contributed by atoms with E-state index in [2.05, 4.69) is 0 Å². The summed E-state index contributed by atoms with van der Waals surface area (Å²) in [6.45, 7) is 1.90. The number of carbonyl (C=O) groups is 1. The molecule has 3 nitrogen and oxygen atoms in total. The lowest BCUT2D eigenvalue weighted by atomic mass is 10.0. The summed E-state index contributed by atoms with van der Waals surface area (Å²) in [6, 6.07) is 6.00. The van der Waals surface area contributed by atoms with Gasteiger partial charge in [-0.1, -0.05) is 12.1 Å². The van der Waals surface area contributed by atoms with Gasteiger partial charge >= 0.3 is 6.09 Å². The summed E-state index contributed by atoms with van der Waals surface area (Å²) >= 11 is 0. The monoisotopic (exact) mass is 209 g/mol. The Kier molecular flexibility index (Phi) is 2.34.